The number of carboxylic acids is 1. The Morgan fingerprint density at radius 3 is 2.06 bits per heavy atom. The molecule has 2 aliphatic rings. The second kappa shape index (κ2) is 29.4. The Morgan fingerprint density at radius 1 is 0.800 bits per heavy atom. The van der Waals surface area contributed by atoms with Gasteiger partial charge in [0.2, 0.25) is 29.5 Å². The van der Waals surface area contributed by atoms with Gasteiger partial charge in [-0.2, -0.15) is 0 Å². The van der Waals surface area contributed by atoms with E-state index in [9.17, 15) is 38.7 Å². The van der Waals surface area contributed by atoms with E-state index < -0.39 is 65.9 Å². The molecule has 23 nitrogen and oxygen atoms in total. The topological polar surface area (TPSA) is 329 Å². The highest BCUT2D eigenvalue weighted by Crippen LogP contribution is 2.44. The van der Waals surface area contributed by atoms with Crippen molar-refractivity contribution < 1.29 is 43.4 Å². The first-order valence-electron chi connectivity index (χ1n) is 26.6. The normalized spacial score (nSPS) is 15.4. The Balaban J connectivity index is 1.07. The quantitative estimate of drug-likeness (QED) is 0.0185. The highest BCUT2D eigenvalue weighted by Gasteiger charge is 2.34. The van der Waals surface area contributed by atoms with Crippen molar-refractivity contribution in [3.63, 3.8) is 0 Å². The number of thioether (sulfide) groups is 1. The number of carbonyl (C=O) groups is 7. The number of guanidine groups is 1. The number of imidazole rings is 1. The minimum atomic E-state index is -1.29. The molecule has 0 saturated heterocycles. The van der Waals surface area contributed by atoms with Crippen molar-refractivity contribution in [2.45, 2.75) is 101 Å². The summed E-state index contributed by atoms with van der Waals surface area (Å²) >= 11 is 2.63. The average molecular weight is 1140 g/mol. The Kier molecular flexibility index (Phi) is 21.9. The zero-order valence-corrected chi connectivity index (χ0v) is 46.8. The first-order valence-corrected chi connectivity index (χ1v) is 28.4. The zero-order chi connectivity index (χ0) is 57.1. The van der Waals surface area contributed by atoms with Crippen LogP contribution in [0.3, 0.4) is 0 Å². The van der Waals surface area contributed by atoms with E-state index in [1.165, 1.54) is 49.6 Å². The fourth-order valence-electron chi connectivity index (χ4n) is 9.29. The lowest BCUT2D eigenvalue weighted by atomic mass is 9.98. The zero-order valence-electron chi connectivity index (χ0n) is 45.2. The van der Waals surface area contributed by atoms with E-state index in [0.717, 1.165) is 27.0 Å². The van der Waals surface area contributed by atoms with Gasteiger partial charge < -0.3 is 62.7 Å². The van der Waals surface area contributed by atoms with Crippen LogP contribution >= 0.6 is 23.1 Å². The second-order valence-electron chi connectivity index (χ2n) is 19.7. The number of nitrogens with two attached hydrogens (primary N) is 1. The summed E-state index contributed by atoms with van der Waals surface area (Å²) in [4.78, 5) is 117. The number of nitrogens with zero attached hydrogens (tertiary/aromatic N) is 5. The first-order chi connectivity index (χ1) is 38.6. The van der Waals surface area contributed by atoms with Gasteiger partial charge in [-0.1, -0.05) is 48.5 Å². The number of benzene rings is 3. The maximum Gasteiger partial charge on any atom is 0.407 e. The second-order valence-corrected chi connectivity index (χ2v) is 21.8. The molecule has 0 bridgehead atoms. The molecule has 0 radical (unpaired) electrons. The largest absolute Gasteiger partial charge is 0.480 e. The number of hydrogen-bond donors (Lipinski definition) is 10. The minimum Gasteiger partial charge on any atom is -0.480 e. The highest BCUT2D eigenvalue weighted by molar-refractivity contribution is 8.15. The van der Waals surface area contributed by atoms with Crippen molar-refractivity contribution >= 4 is 91.6 Å². The first kappa shape index (κ1) is 59.8. The Hall–Kier alpha value is -7.90. The van der Waals surface area contributed by atoms with Crippen LogP contribution in [0.15, 0.2) is 89.2 Å². The van der Waals surface area contributed by atoms with Crippen LogP contribution in [-0.4, -0.2) is 161 Å². The predicted octanol–water partition coefficient (Wildman–Crippen LogP) is 3.86. The number of aliphatic imine (C=N–C) groups is 2. The number of anilines is 1. The van der Waals surface area contributed by atoms with Gasteiger partial charge in [0.05, 0.1) is 16.5 Å². The average Bonchev–Trinajstić information content (AvgIpc) is 4.29. The number of alkyl carbamates (subject to hydrolysis) is 1. The number of aromatic nitrogens is 3. The number of nitrogens with one attached hydrogen (secondary N) is 8. The molecule has 0 fully saturated rings. The predicted molar refractivity (Wildman–Crippen MR) is 308 cm³/mol. The Labute approximate surface area is 472 Å². The number of fused-ring (bicyclic) bond motifs is 4. The molecule has 1 aliphatic heterocycles. The molecule has 5 aromatic rings. The molecule has 0 saturated carbocycles. The van der Waals surface area contributed by atoms with Gasteiger partial charge >= 0.3 is 12.1 Å². The van der Waals surface area contributed by atoms with Crippen molar-refractivity contribution in [3.8, 4) is 11.1 Å². The minimum absolute atomic E-state index is 0.000338. The highest BCUT2D eigenvalue weighted by atomic mass is 32.2. The van der Waals surface area contributed by atoms with Gasteiger partial charge in [0.1, 0.15) is 40.8 Å². The third-order valence-electron chi connectivity index (χ3n) is 13.5. The fourth-order valence-corrected chi connectivity index (χ4v) is 11.4. The van der Waals surface area contributed by atoms with E-state index >= 15 is 0 Å². The van der Waals surface area contributed by atoms with Gasteiger partial charge in [0, 0.05) is 62.7 Å². The third kappa shape index (κ3) is 17.1. The molecule has 3 aromatic carbocycles. The number of aliphatic carboxylic acids is 1. The van der Waals surface area contributed by atoms with Crippen molar-refractivity contribution in [1.82, 2.24) is 51.8 Å². The number of unbranched alkanes of at least 4 members (excludes halogenated alkanes) is 2. The summed E-state index contributed by atoms with van der Waals surface area (Å²) in [5, 5.41) is 30.5. The number of hydrogen-bond acceptors (Lipinski definition) is 15. The summed E-state index contributed by atoms with van der Waals surface area (Å²) in [5.41, 5.74) is 11.6. The molecule has 11 N–H and O–H groups in total. The molecular formula is C55H70N14O9S2. The summed E-state index contributed by atoms with van der Waals surface area (Å²) in [7, 11) is 5.39. The van der Waals surface area contributed by atoms with Gasteiger partial charge in [-0.15, -0.1) is 23.1 Å². The van der Waals surface area contributed by atoms with Gasteiger partial charge in [-0.25, -0.2) is 19.6 Å². The molecule has 1 unspecified atom stereocenters. The van der Waals surface area contributed by atoms with Crippen LogP contribution in [0, 0.1) is 0 Å². The number of rotatable bonds is 29. The van der Waals surface area contributed by atoms with Crippen LogP contribution < -0.4 is 43.0 Å². The lowest BCUT2D eigenvalue weighted by Crippen LogP contribution is -2.58. The number of carboxylic acid groups (broad SMARTS) is 1. The van der Waals surface area contributed by atoms with Gasteiger partial charge in [-0.3, -0.25) is 34.0 Å². The summed E-state index contributed by atoms with van der Waals surface area (Å²) in [5.74, 6) is -3.51. The fraction of sp³-hybridized carbons (Fsp3) is 0.436. The van der Waals surface area contributed by atoms with E-state index in [4.69, 9.17) is 10.5 Å². The van der Waals surface area contributed by atoms with Gasteiger partial charge in [0.25, 0.3) is 0 Å². The van der Waals surface area contributed by atoms with Crippen LogP contribution in [0.5, 0.6) is 0 Å². The molecule has 80 heavy (non-hydrogen) atoms. The van der Waals surface area contributed by atoms with Gasteiger partial charge in [-0.05, 0) is 112 Å². The van der Waals surface area contributed by atoms with Crippen LogP contribution in [-0.2, 0) is 39.9 Å². The number of amides is 6. The number of aromatic amines is 1. The Morgan fingerprint density at radius 2 is 1.43 bits per heavy atom. The molecule has 7 rings (SSSR count). The number of thiazole rings is 1. The lowest BCUT2D eigenvalue weighted by molar-refractivity contribution is -0.137. The van der Waals surface area contributed by atoms with Crippen LogP contribution in [0.1, 0.15) is 86.0 Å². The summed E-state index contributed by atoms with van der Waals surface area (Å²) < 4.78 is 6.56. The molecule has 426 valence electrons. The summed E-state index contributed by atoms with van der Waals surface area (Å²) in [6.45, 7) is 2.78. The molecular weight excluding hydrogens is 1060 g/mol. The molecule has 3 heterocycles. The standard InChI is InChI=1S/C55H70N14O9S2/c1-32(70)59-23-11-9-18-41(47(71)62-33-21-22-40-46(27-33)80-52(66-40)51-67-45(30-79-51)53(75)76)63-48(72)42(19-10-12-25-69(3)4)64-50(74)44(26-34-28-58-31-61-34)65-49(73)43(20-13-24-60-54(56)57-2)68-55(77)78-29-39-37-16-7-5-14-35(37)36-15-6-8-17-38(36)39/h5-8,14-17,21-22,27-28,31,39,41-45H,9-13,18-20,23-26,29-30H2,1-4H3,(H,58,61)(H,59,70)(H,62,71)(H,63,72)(H,64,74)(H,65,73)(H,68,77)(H,75,76)(H3,56,57,60)/t41-,42-,43?,44-,45+/m0/s1. The maximum atomic E-state index is 14.7. The monoisotopic (exact) mass is 1130 g/mol. The van der Waals surface area contributed by atoms with Crippen molar-refractivity contribution in [1.29, 1.82) is 0 Å². The molecule has 1 aliphatic carbocycles. The summed E-state index contributed by atoms with van der Waals surface area (Å²) in [6, 6.07) is 15.4. The van der Waals surface area contributed by atoms with E-state index in [2.05, 4.69) is 62.2 Å². The summed E-state index contributed by atoms with van der Waals surface area (Å²) in [6.07, 6.45) is 4.97. The van der Waals surface area contributed by atoms with Crippen molar-refractivity contribution in [2.24, 2.45) is 15.7 Å². The third-order valence-corrected chi connectivity index (χ3v) is 15.7. The molecule has 25 heteroatoms. The number of ether oxygens (including phenoxy) is 1. The maximum absolute atomic E-state index is 14.7. The molecule has 2 aromatic heterocycles. The number of carbonyl (C=O) groups excluding carboxylic acids is 6. The van der Waals surface area contributed by atoms with E-state index in [1.54, 1.807) is 18.2 Å². The van der Waals surface area contributed by atoms with E-state index in [-0.39, 0.29) is 50.1 Å². The molecule has 5 atom stereocenters. The van der Waals surface area contributed by atoms with E-state index in [0.29, 0.717) is 84.4 Å². The van der Waals surface area contributed by atoms with Crippen molar-refractivity contribution in [2.75, 3.05) is 58.5 Å². The molecule has 0 spiro atoms. The molecule has 6 amide bonds. The van der Waals surface area contributed by atoms with Gasteiger partial charge in [0.15, 0.2) is 12.0 Å². The van der Waals surface area contributed by atoms with Crippen LogP contribution in [0.4, 0.5) is 10.5 Å². The van der Waals surface area contributed by atoms with Crippen LogP contribution in [0.2, 0.25) is 0 Å². The Bertz CT molecular complexity index is 2990. The SMILES string of the molecule is CN=C(N)NCCCC(NC(=O)OCC1c2ccccc2-c2ccccc21)C(=O)N[C@@H](Cc1cnc[nH]1)C(=O)N[C@@H](CCCCN(C)C)C(=O)N[C@@H](CCCCNC(C)=O)C(=O)Nc1ccc2nc(C3=N[C@@H](C(=O)O)CS3)sc2c1. The lowest BCUT2D eigenvalue weighted by Gasteiger charge is -2.27. The van der Waals surface area contributed by atoms with Crippen LogP contribution in [0.25, 0.3) is 21.3 Å². The van der Waals surface area contributed by atoms with E-state index in [1.807, 2.05) is 67.5 Å². The van der Waals surface area contributed by atoms with Crippen molar-refractivity contribution in [3.05, 3.63) is 101 Å². The smallest absolute Gasteiger partial charge is 0.407 e. The number of H-pyrrole nitrogens is 1.